The number of aryl methyl sites for hydroxylation is 3. The van der Waals surface area contributed by atoms with Crippen molar-refractivity contribution in [3.8, 4) is 5.75 Å². The highest BCUT2D eigenvalue weighted by molar-refractivity contribution is 7.89. The van der Waals surface area contributed by atoms with Gasteiger partial charge in [-0.3, -0.25) is 4.79 Å². The Hall–Kier alpha value is -2.19. The van der Waals surface area contributed by atoms with Gasteiger partial charge in [-0.1, -0.05) is 0 Å². The van der Waals surface area contributed by atoms with E-state index in [-0.39, 0.29) is 23.5 Å². The second-order valence-corrected chi connectivity index (χ2v) is 8.06. The first-order chi connectivity index (χ1) is 12.4. The Kier molecular flexibility index (Phi) is 5.43. The summed E-state index contributed by atoms with van der Waals surface area (Å²) in [5, 5.41) is 4.34. The van der Waals surface area contributed by atoms with Crippen LogP contribution >= 0.6 is 0 Å². The minimum Gasteiger partial charge on any atom is -0.494 e. The first kappa shape index (κ1) is 18.6. The highest BCUT2D eigenvalue weighted by Crippen LogP contribution is 2.21. The molecule has 26 heavy (non-hydrogen) atoms. The van der Waals surface area contributed by atoms with E-state index in [0.29, 0.717) is 12.4 Å². The maximum absolute atomic E-state index is 12.5. The maximum Gasteiger partial charge on any atom is 0.267 e. The number of benzene rings is 1. The second kappa shape index (κ2) is 7.59. The molecule has 0 amide bonds. The van der Waals surface area contributed by atoms with Gasteiger partial charge in [0.15, 0.2) is 0 Å². The summed E-state index contributed by atoms with van der Waals surface area (Å²) in [4.78, 5) is 12.2. The molecular weight excluding hydrogens is 354 g/mol. The molecule has 140 valence electrons. The molecule has 1 aromatic heterocycles. The molecule has 0 unspecified atom stereocenters. The first-order valence-corrected chi connectivity index (χ1v) is 10.2. The lowest BCUT2D eigenvalue weighted by Crippen LogP contribution is -2.32. The van der Waals surface area contributed by atoms with Gasteiger partial charge in [0.05, 0.1) is 23.7 Å². The average molecular weight is 377 g/mol. The molecule has 1 N–H and O–H groups in total. The topological polar surface area (TPSA) is 90.3 Å². The molecule has 0 atom stereocenters. The molecule has 1 aromatic carbocycles. The lowest BCUT2D eigenvalue weighted by atomic mass is 10.2. The van der Waals surface area contributed by atoms with Gasteiger partial charge >= 0.3 is 0 Å². The van der Waals surface area contributed by atoms with Gasteiger partial charge in [0, 0.05) is 12.6 Å². The Labute approximate surface area is 153 Å². The summed E-state index contributed by atoms with van der Waals surface area (Å²) in [6, 6.07) is 6.35. The van der Waals surface area contributed by atoms with Crippen LogP contribution in [0.5, 0.6) is 5.75 Å². The van der Waals surface area contributed by atoms with Crippen molar-refractivity contribution in [2.24, 2.45) is 0 Å². The molecule has 2 aromatic rings. The van der Waals surface area contributed by atoms with Gasteiger partial charge in [-0.05, 0) is 62.4 Å². The van der Waals surface area contributed by atoms with E-state index in [2.05, 4.69) is 9.82 Å². The second-order valence-electron chi connectivity index (χ2n) is 6.29. The Bertz CT molecular complexity index is 967. The minimum absolute atomic E-state index is 0.0975. The highest BCUT2D eigenvalue weighted by atomic mass is 32.2. The van der Waals surface area contributed by atoms with Gasteiger partial charge in [0.1, 0.15) is 5.75 Å². The Balaban J connectivity index is 1.67. The van der Waals surface area contributed by atoms with Gasteiger partial charge in [-0.15, -0.1) is 0 Å². The molecule has 7 nitrogen and oxygen atoms in total. The SMILES string of the molecule is CCOc1ccc(S(=O)(=O)NCCn2nc3c(cc2=O)CCC3)cc1C. The van der Waals surface area contributed by atoms with Gasteiger partial charge in [-0.25, -0.2) is 17.8 Å². The zero-order valence-corrected chi connectivity index (χ0v) is 15.8. The fourth-order valence-corrected chi connectivity index (χ4v) is 4.18. The molecular formula is C18H23N3O4S. The number of nitrogens with one attached hydrogen (secondary N) is 1. The van der Waals surface area contributed by atoms with Crippen LogP contribution in [0.15, 0.2) is 34.0 Å². The average Bonchev–Trinajstić information content (AvgIpc) is 3.04. The summed E-state index contributed by atoms with van der Waals surface area (Å²) in [5.74, 6) is 0.667. The van der Waals surface area contributed by atoms with Crippen LogP contribution in [0.25, 0.3) is 0 Å². The Morgan fingerprint density at radius 3 is 2.81 bits per heavy atom. The molecule has 0 bridgehead atoms. The largest absolute Gasteiger partial charge is 0.494 e. The fraction of sp³-hybridized carbons (Fsp3) is 0.444. The van der Waals surface area contributed by atoms with Crippen molar-refractivity contribution < 1.29 is 13.2 Å². The van der Waals surface area contributed by atoms with E-state index in [0.717, 1.165) is 36.1 Å². The Morgan fingerprint density at radius 2 is 2.08 bits per heavy atom. The van der Waals surface area contributed by atoms with Crippen LogP contribution in [-0.2, 0) is 29.4 Å². The standard InChI is InChI=1S/C18H23N3O4S/c1-3-25-17-8-7-15(11-13(17)2)26(23,24)19-9-10-21-18(22)12-14-5-4-6-16(14)20-21/h7-8,11-12,19H,3-6,9-10H2,1-2H3. The zero-order chi connectivity index (χ0) is 18.7. The van der Waals surface area contributed by atoms with Gasteiger partial charge in [0.2, 0.25) is 10.0 Å². The smallest absolute Gasteiger partial charge is 0.267 e. The van der Waals surface area contributed by atoms with Gasteiger partial charge < -0.3 is 4.74 Å². The molecule has 8 heteroatoms. The summed E-state index contributed by atoms with van der Waals surface area (Å²) in [7, 11) is -3.66. The predicted molar refractivity (Wildman–Crippen MR) is 98.1 cm³/mol. The third-order valence-corrected chi connectivity index (χ3v) is 5.85. The van der Waals surface area contributed by atoms with E-state index in [4.69, 9.17) is 4.74 Å². The van der Waals surface area contributed by atoms with Crippen molar-refractivity contribution in [1.29, 1.82) is 0 Å². The number of aromatic nitrogens is 2. The first-order valence-electron chi connectivity index (χ1n) is 8.74. The number of hydrogen-bond acceptors (Lipinski definition) is 5. The van der Waals surface area contributed by atoms with E-state index in [1.54, 1.807) is 25.1 Å². The number of nitrogens with zero attached hydrogens (tertiary/aromatic N) is 2. The van der Waals surface area contributed by atoms with Gasteiger partial charge in [-0.2, -0.15) is 5.10 Å². The van der Waals surface area contributed by atoms with E-state index >= 15 is 0 Å². The third-order valence-electron chi connectivity index (χ3n) is 4.40. The molecule has 1 aliphatic carbocycles. The van der Waals surface area contributed by atoms with Crippen LogP contribution in [0.3, 0.4) is 0 Å². The van der Waals surface area contributed by atoms with Crippen LogP contribution in [0.1, 0.15) is 30.2 Å². The summed E-state index contributed by atoms with van der Waals surface area (Å²) in [5.41, 5.74) is 2.51. The molecule has 0 saturated carbocycles. The predicted octanol–water partition coefficient (Wildman–Crippen LogP) is 1.42. The number of ether oxygens (including phenoxy) is 1. The molecule has 0 radical (unpaired) electrons. The van der Waals surface area contributed by atoms with E-state index < -0.39 is 10.0 Å². The molecule has 3 rings (SSSR count). The van der Waals surface area contributed by atoms with Crippen molar-refractivity contribution in [1.82, 2.24) is 14.5 Å². The molecule has 1 aliphatic rings. The Morgan fingerprint density at radius 1 is 1.27 bits per heavy atom. The lowest BCUT2D eigenvalue weighted by molar-refractivity contribution is 0.337. The number of sulfonamides is 1. The maximum atomic E-state index is 12.5. The summed E-state index contributed by atoms with van der Waals surface area (Å²) >= 11 is 0. The van der Waals surface area contributed by atoms with Crippen molar-refractivity contribution in [2.45, 2.75) is 44.6 Å². The normalized spacial score (nSPS) is 13.6. The summed E-state index contributed by atoms with van der Waals surface area (Å²) < 4.78 is 34.2. The lowest BCUT2D eigenvalue weighted by Gasteiger charge is -2.11. The molecule has 0 aliphatic heterocycles. The van der Waals surface area contributed by atoms with Crippen molar-refractivity contribution in [2.75, 3.05) is 13.2 Å². The minimum atomic E-state index is -3.66. The fourth-order valence-electron chi connectivity index (χ4n) is 3.08. The summed E-state index contributed by atoms with van der Waals surface area (Å²) in [6.07, 6.45) is 2.77. The van der Waals surface area contributed by atoms with Crippen LogP contribution in [0.4, 0.5) is 0 Å². The molecule has 1 heterocycles. The monoisotopic (exact) mass is 377 g/mol. The van der Waals surface area contributed by atoms with Crippen LogP contribution in [0, 0.1) is 6.92 Å². The van der Waals surface area contributed by atoms with Crippen LogP contribution in [0.2, 0.25) is 0 Å². The van der Waals surface area contributed by atoms with Crippen LogP contribution in [-0.4, -0.2) is 31.3 Å². The van der Waals surface area contributed by atoms with Gasteiger partial charge in [0.25, 0.3) is 5.56 Å². The molecule has 0 saturated heterocycles. The zero-order valence-electron chi connectivity index (χ0n) is 15.0. The number of hydrogen-bond donors (Lipinski definition) is 1. The van der Waals surface area contributed by atoms with Crippen molar-refractivity contribution >= 4 is 10.0 Å². The van der Waals surface area contributed by atoms with Crippen molar-refractivity contribution in [3.63, 3.8) is 0 Å². The number of rotatable bonds is 7. The van der Waals surface area contributed by atoms with Crippen molar-refractivity contribution in [3.05, 3.63) is 51.4 Å². The molecule has 0 fully saturated rings. The molecule has 0 spiro atoms. The van der Waals surface area contributed by atoms with E-state index in [9.17, 15) is 13.2 Å². The van der Waals surface area contributed by atoms with Crippen LogP contribution < -0.4 is 15.0 Å². The number of fused-ring (bicyclic) bond motifs is 1. The van der Waals surface area contributed by atoms with E-state index in [1.165, 1.54) is 10.7 Å². The highest BCUT2D eigenvalue weighted by Gasteiger charge is 2.17. The third kappa shape index (κ3) is 3.96. The summed E-state index contributed by atoms with van der Waals surface area (Å²) in [6.45, 7) is 4.49. The van der Waals surface area contributed by atoms with E-state index in [1.807, 2.05) is 6.92 Å². The quantitative estimate of drug-likeness (QED) is 0.788.